The van der Waals surface area contributed by atoms with Crippen LogP contribution < -0.4 is 10.8 Å². The topological polar surface area (TPSA) is 55.7 Å². The predicted molar refractivity (Wildman–Crippen MR) is 104 cm³/mol. The quantitative estimate of drug-likeness (QED) is 0.556. The molecule has 1 heterocycles. The standard InChI is InChI=1S/C18H29BN2O2Si/c1-14-16(6-11-24(3,4)5)12-17(15(2)18(14)19(22)23)13-21-9-7-20-8-10-21/h12,20,22-23H,7-10,13H2,1-5H3. The lowest BCUT2D eigenvalue weighted by molar-refractivity contribution is 0.233. The van der Waals surface area contributed by atoms with Gasteiger partial charge < -0.3 is 15.4 Å². The molecule has 0 amide bonds. The first-order chi connectivity index (χ1) is 11.2. The molecule has 0 unspecified atom stereocenters. The molecule has 130 valence electrons. The van der Waals surface area contributed by atoms with E-state index >= 15 is 0 Å². The Labute approximate surface area is 147 Å². The summed E-state index contributed by atoms with van der Waals surface area (Å²) in [4.78, 5) is 2.40. The fourth-order valence-corrected chi connectivity index (χ4v) is 3.55. The highest BCUT2D eigenvalue weighted by atomic mass is 28.3. The summed E-state index contributed by atoms with van der Waals surface area (Å²) in [6.45, 7) is 15.4. The van der Waals surface area contributed by atoms with Crippen LogP contribution in [0.3, 0.4) is 0 Å². The van der Waals surface area contributed by atoms with Crippen molar-refractivity contribution in [3.63, 3.8) is 0 Å². The molecule has 1 aliphatic rings. The lowest BCUT2D eigenvalue weighted by atomic mass is 9.72. The van der Waals surface area contributed by atoms with Crippen molar-refractivity contribution in [1.29, 1.82) is 0 Å². The fraction of sp³-hybridized carbons (Fsp3) is 0.556. The molecule has 1 fully saturated rings. The summed E-state index contributed by atoms with van der Waals surface area (Å²) < 4.78 is 0. The number of nitrogens with zero attached hydrogens (tertiary/aromatic N) is 1. The van der Waals surface area contributed by atoms with Crippen LogP contribution >= 0.6 is 0 Å². The second kappa shape index (κ2) is 7.86. The van der Waals surface area contributed by atoms with Gasteiger partial charge in [0.2, 0.25) is 0 Å². The van der Waals surface area contributed by atoms with Gasteiger partial charge in [0.05, 0.1) is 0 Å². The van der Waals surface area contributed by atoms with Crippen molar-refractivity contribution in [2.45, 2.75) is 40.0 Å². The van der Waals surface area contributed by atoms with Crippen LogP contribution in [0.2, 0.25) is 19.6 Å². The Morgan fingerprint density at radius 1 is 1.17 bits per heavy atom. The second-order valence-electron chi connectivity index (χ2n) is 7.65. The van der Waals surface area contributed by atoms with Gasteiger partial charge in [-0.3, -0.25) is 4.90 Å². The molecule has 0 radical (unpaired) electrons. The zero-order valence-corrected chi connectivity index (χ0v) is 16.5. The van der Waals surface area contributed by atoms with E-state index in [4.69, 9.17) is 0 Å². The SMILES string of the molecule is Cc1c(C#C[Si](C)(C)C)cc(CN2CCNCC2)c(C)c1B(O)O. The van der Waals surface area contributed by atoms with E-state index in [0.717, 1.165) is 55.0 Å². The summed E-state index contributed by atoms with van der Waals surface area (Å²) in [5.41, 5.74) is 7.94. The van der Waals surface area contributed by atoms with Gasteiger partial charge in [0, 0.05) is 38.3 Å². The lowest BCUT2D eigenvalue weighted by Crippen LogP contribution is -2.43. The number of piperazine rings is 1. The van der Waals surface area contributed by atoms with Gasteiger partial charge in [-0.25, -0.2) is 0 Å². The minimum absolute atomic E-state index is 0.613. The van der Waals surface area contributed by atoms with Crippen molar-refractivity contribution < 1.29 is 10.0 Å². The Kier molecular flexibility index (Phi) is 6.29. The molecule has 0 bridgehead atoms. The van der Waals surface area contributed by atoms with Crippen molar-refractivity contribution in [2.24, 2.45) is 0 Å². The normalized spacial score (nSPS) is 15.8. The number of hydrogen-bond donors (Lipinski definition) is 3. The molecule has 0 saturated carbocycles. The highest BCUT2D eigenvalue weighted by Gasteiger charge is 2.22. The molecule has 24 heavy (non-hydrogen) atoms. The van der Waals surface area contributed by atoms with Crippen LogP contribution in [0.4, 0.5) is 0 Å². The highest BCUT2D eigenvalue weighted by molar-refractivity contribution is 6.83. The Morgan fingerprint density at radius 2 is 1.79 bits per heavy atom. The fourth-order valence-electron chi connectivity index (χ4n) is 3.04. The maximum atomic E-state index is 9.86. The number of rotatable bonds is 3. The van der Waals surface area contributed by atoms with Crippen LogP contribution in [0, 0.1) is 25.3 Å². The minimum Gasteiger partial charge on any atom is -0.423 e. The van der Waals surface area contributed by atoms with Crippen LogP contribution in [0.5, 0.6) is 0 Å². The Balaban J connectivity index is 2.45. The largest absolute Gasteiger partial charge is 0.489 e. The average molecular weight is 344 g/mol. The van der Waals surface area contributed by atoms with Gasteiger partial charge in [-0.05, 0) is 42.1 Å². The summed E-state index contributed by atoms with van der Waals surface area (Å²) in [5.74, 6) is 3.31. The average Bonchev–Trinajstić information content (AvgIpc) is 2.49. The van der Waals surface area contributed by atoms with E-state index in [1.807, 2.05) is 13.8 Å². The number of hydrogen-bond acceptors (Lipinski definition) is 4. The first-order valence-electron chi connectivity index (χ1n) is 8.64. The molecule has 1 aromatic rings. The summed E-state index contributed by atoms with van der Waals surface area (Å²) in [6.07, 6.45) is 0. The molecule has 3 N–H and O–H groups in total. The lowest BCUT2D eigenvalue weighted by Gasteiger charge is -2.28. The van der Waals surface area contributed by atoms with E-state index in [-0.39, 0.29) is 0 Å². The predicted octanol–water partition coefficient (Wildman–Crippen LogP) is 0.617. The third kappa shape index (κ3) is 4.95. The Hall–Kier alpha value is -1.10. The van der Waals surface area contributed by atoms with Crippen LogP contribution in [0.1, 0.15) is 22.3 Å². The smallest absolute Gasteiger partial charge is 0.423 e. The van der Waals surface area contributed by atoms with E-state index < -0.39 is 15.2 Å². The molecule has 0 aromatic heterocycles. The summed E-state index contributed by atoms with van der Waals surface area (Å²) in [6, 6.07) is 2.14. The van der Waals surface area contributed by atoms with Crippen molar-refractivity contribution in [1.82, 2.24) is 10.2 Å². The monoisotopic (exact) mass is 344 g/mol. The van der Waals surface area contributed by atoms with Crippen molar-refractivity contribution >= 4 is 20.7 Å². The van der Waals surface area contributed by atoms with Gasteiger partial charge >= 0.3 is 7.12 Å². The van der Waals surface area contributed by atoms with E-state index in [2.05, 4.69) is 47.4 Å². The molecule has 0 aliphatic carbocycles. The zero-order valence-electron chi connectivity index (χ0n) is 15.5. The third-order valence-electron chi connectivity index (χ3n) is 4.45. The minimum atomic E-state index is -1.49. The van der Waals surface area contributed by atoms with Crippen LogP contribution in [0.15, 0.2) is 6.07 Å². The Morgan fingerprint density at radius 3 is 2.33 bits per heavy atom. The third-order valence-corrected chi connectivity index (χ3v) is 5.32. The molecule has 4 nitrogen and oxygen atoms in total. The molecule has 6 heteroatoms. The molecule has 0 spiro atoms. The van der Waals surface area contributed by atoms with Gasteiger partial charge in [-0.1, -0.05) is 25.6 Å². The maximum absolute atomic E-state index is 9.86. The van der Waals surface area contributed by atoms with E-state index in [0.29, 0.717) is 5.46 Å². The molecule has 0 atom stereocenters. The van der Waals surface area contributed by atoms with Crippen LogP contribution in [0.25, 0.3) is 0 Å². The van der Waals surface area contributed by atoms with Crippen LogP contribution in [-0.2, 0) is 6.54 Å². The van der Waals surface area contributed by atoms with Crippen molar-refractivity contribution in [2.75, 3.05) is 26.2 Å². The summed E-state index contributed by atoms with van der Waals surface area (Å²) in [7, 11) is -2.94. The Bertz CT molecular complexity index is 654. The van der Waals surface area contributed by atoms with E-state index in [1.165, 1.54) is 0 Å². The van der Waals surface area contributed by atoms with Crippen molar-refractivity contribution in [3.05, 3.63) is 28.3 Å². The van der Waals surface area contributed by atoms with Gasteiger partial charge in [0.1, 0.15) is 8.07 Å². The maximum Gasteiger partial charge on any atom is 0.489 e. The van der Waals surface area contributed by atoms with Crippen molar-refractivity contribution in [3.8, 4) is 11.5 Å². The highest BCUT2D eigenvalue weighted by Crippen LogP contribution is 2.17. The second-order valence-corrected chi connectivity index (χ2v) is 12.4. The van der Waals surface area contributed by atoms with E-state index in [9.17, 15) is 10.0 Å². The van der Waals surface area contributed by atoms with Gasteiger partial charge in [-0.15, -0.1) is 5.54 Å². The number of benzene rings is 1. The summed E-state index contributed by atoms with van der Waals surface area (Å²) in [5, 5.41) is 23.1. The molecular weight excluding hydrogens is 315 g/mol. The van der Waals surface area contributed by atoms with Gasteiger partial charge in [0.25, 0.3) is 0 Å². The van der Waals surface area contributed by atoms with Gasteiger partial charge in [0.15, 0.2) is 0 Å². The first-order valence-corrected chi connectivity index (χ1v) is 12.1. The number of nitrogens with one attached hydrogen (secondary N) is 1. The molecule has 2 rings (SSSR count). The molecular formula is C18H29BN2O2Si. The zero-order chi connectivity index (χ0) is 17.9. The van der Waals surface area contributed by atoms with Gasteiger partial charge in [-0.2, -0.15) is 0 Å². The van der Waals surface area contributed by atoms with Crippen LogP contribution in [-0.4, -0.2) is 56.3 Å². The molecule has 1 aromatic carbocycles. The first kappa shape index (κ1) is 19.2. The molecule has 1 aliphatic heterocycles. The molecule has 1 saturated heterocycles. The van der Waals surface area contributed by atoms with E-state index in [1.54, 1.807) is 0 Å². The summed E-state index contributed by atoms with van der Waals surface area (Å²) >= 11 is 0.